The molecular weight excluding hydrogens is 355 g/mol. The van der Waals surface area contributed by atoms with Crippen molar-refractivity contribution in [1.29, 1.82) is 0 Å². The number of Topliss-reactive ketones (excluding diaryl/α,β-unsaturated/α-hetero) is 1. The fourth-order valence-corrected chi connectivity index (χ4v) is 2.27. The van der Waals surface area contributed by atoms with Gasteiger partial charge in [-0.15, -0.1) is 0 Å². The van der Waals surface area contributed by atoms with Gasteiger partial charge in [-0.1, -0.05) is 51.9 Å². The molecule has 0 aromatic rings. The quantitative estimate of drug-likeness (QED) is 0.104. The first-order valence-corrected chi connectivity index (χ1v) is 8.90. The van der Waals surface area contributed by atoms with Crippen molar-refractivity contribution in [2.45, 2.75) is 82.7 Å². The summed E-state index contributed by atoms with van der Waals surface area (Å²) in [7, 11) is 0. The van der Waals surface area contributed by atoms with Crippen molar-refractivity contribution in [3.8, 4) is 0 Å². The Morgan fingerprint density at radius 3 is 1.85 bits per heavy atom. The van der Waals surface area contributed by atoms with Crippen LogP contribution < -0.4 is 0 Å². The first-order chi connectivity index (χ1) is 11.9. The third kappa shape index (κ3) is 11.6. The van der Waals surface area contributed by atoms with Gasteiger partial charge in [-0.2, -0.15) is 0 Å². The van der Waals surface area contributed by atoms with Gasteiger partial charge in [0.15, 0.2) is 6.10 Å². The zero-order valence-corrected chi connectivity index (χ0v) is 14.8. The Kier molecular flexibility index (Phi) is 18.5. The normalized spacial score (nSPS) is 15.5. The summed E-state index contributed by atoms with van der Waals surface area (Å²) in [5, 5.41) is 46.3. The van der Waals surface area contributed by atoms with Gasteiger partial charge in [-0.25, -0.2) is 4.79 Å². The monoisotopic (exact) mass is 388 g/mol. The number of ketones is 1. The van der Waals surface area contributed by atoms with Crippen LogP contribution in [-0.2, 0) is 14.3 Å². The van der Waals surface area contributed by atoms with Crippen LogP contribution in [0.2, 0.25) is 0 Å². The molecule has 0 heterocycles. The first-order valence-electron chi connectivity index (χ1n) is 8.90. The molecule has 4 atom stereocenters. The average molecular weight is 388 g/mol. The molecule has 5 N–H and O–H groups in total. The fraction of sp³-hybridized carbons (Fsp3) is 0.882. The zero-order valence-electron chi connectivity index (χ0n) is 14.8. The number of carbonyl (C=O) groups is 2. The van der Waals surface area contributed by atoms with E-state index in [1.807, 2.05) is 0 Å². The molecule has 0 rings (SSSR count). The van der Waals surface area contributed by atoms with Gasteiger partial charge in [0.25, 0.3) is 5.78 Å². The van der Waals surface area contributed by atoms with Gasteiger partial charge in [0.2, 0.25) is 0 Å². The summed E-state index contributed by atoms with van der Waals surface area (Å²) >= 11 is 0. The molecule has 150 valence electrons. The van der Waals surface area contributed by atoms with Gasteiger partial charge < -0.3 is 30.3 Å². The minimum atomic E-state index is -2.23. The van der Waals surface area contributed by atoms with Gasteiger partial charge in [-0.3, -0.25) is 4.79 Å². The molecule has 0 unspecified atom stereocenters. The first kappa shape index (κ1) is 28.2. The Bertz CT molecular complexity index is 380. The second kappa shape index (κ2) is 17.1. The second-order valence-corrected chi connectivity index (χ2v) is 6.15. The molecule has 0 bridgehead atoms. The summed E-state index contributed by atoms with van der Waals surface area (Å²) in [6.07, 6.45) is 0.360. The number of hydrogen-bond donors (Lipinski definition) is 5. The van der Waals surface area contributed by atoms with Crippen molar-refractivity contribution in [3.63, 3.8) is 0 Å². The Morgan fingerprint density at radius 2 is 1.35 bits per heavy atom. The topological polar surface area (TPSA) is 145 Å². The number of unbranched alkanes of at least 4 members (excludes halogenated alkanes) is 7. The summed E-state index contributed by atoms with van der Waals surface area (Å²) in [5.41, 5.74) is 0. The van der Waals surface area contributed by atoms with E-state index in [0.717, 1.165) is 19.3 Å². The Hall–Kier alpha value is -0.0600. The van der Waals surface area contributed by atoms with Crippen LogP contribution in [0.3, 0.4) is 0 Å². The van der Waals surface area contributed by atoms with E-state index in [-0.39, 0.29) is 36.2 Å². The summed E-state index contributed by atoms with van der Waals surface area (Å²) in [4.78, 5) is 23.1. The SMILES string of the molecule is CCCCCCCCCCOC(=O)C(=O)[C@H](O)[C@@H](O)[C@H](O)[C@H](O)CO.[NaH]. The van der Waals surface area contributed by atoms with E-state index in [2.05, 4.69) is 6.92 Å². The molecule has 0 amide bonds. The molecule has 0 radical (unpaired) electrons. The number of ether oxygens (including phenoxy) is 1. The predicted octanol–water partition coefficient (Wildman–Crippen LogP) is -0.973. The summed E-state index contributed by atoms with van der Waals surface area (Å²) < 4.78 is 4.73. The number of carbonyl (C=O) groups excluding carboxylic acids is 2. The number of esters is 1. The number of rotatable bonds is 15. The summed E-state index contributed by atoms with van der Waals surface area (Å²) in [5.74, 6) is -2.71. The molecule has 8 nitrogen and oxygen atoms in total. The molecule has 0 fully saturated rings. The van der Waals surface area contributed by atoms with E-state index < -0.39 is 42.8 Å². The van der Waals surface area contributed by atoms with Crippen molar-refractivity contribution in [1.82, 2.24) is 0 Å². The molecular formula is C17H33NaO8. The van der Waals surface area contributed by atoms with Crippen LogP contribution in [-0.4, -0.2) is 104 Å². The third-order valence-corrected chi connectivity index (χ3v) is 3.96. The molecule has 0 saturated carbocycles. The van der Waals surface area contributed by atoms with Crippen LogP contribution in [0.4, 0.5) is 0 Å². The summed E-state index contributed by atoms with van der Waals surface area (Å²) in [6.45, 7) is 1.31. The molecule has 0 aromatic heterocycles. The molecule has 0 spiro atoms. The summed E-state index contributed by atoms with van der Waals surface area (Å²) in [6, 6.07) is 0. The molecule has 0 aromatic carbocycles. The predicted molar refractivity (Wildman–Crippen MR) is 96.8 cm³/mol. The standard InChI is InChI=1S/C17H32O8.Na.H/c1-2-3-4-5-6-7-8-9-10-25-17(24)16(23)15(22)14(21)13(20)12(19)11-18;;/h12-15,18-22H,2-11H2,1H3;;/t12-,13-,14+,15-;;/m1../s1. The van der Waals surface area contributed by atoms with Crippen molar-refractivity contribution in [2.24, 2.45) is 0 Å². The minimum absolute atomic E-state index is 0. The maximum atomic E-state index is 11.6. The van der Waals surface area contributed by atoms with Crippen molar-refractivity contribution in [3.05, 3.63) is 0 Å². The van der Waals surface area contributed by atoms with Gasteiger partial charge in [0.1, 0.15) is 18.3 Å². The molecule has 9 heteroatoms. The molecule has 0 aliphatic heterocycles. The van der Waals surface area contributed by atoms with Crippen LogP contribution >= 0.6 is 0 Å². The van der Waals surface area contributed by atoms with E-state index >= 15 is 0 Å². The van der Waals surface area contributed by atoms with Gasteiger partial charge in [-0.05, 0) is 6.42 Å². The Labute approximate surface area is 176 Å². The molecule has 26 heavy (non-hydrogen) atoms. The maximum absolute atomic E-state index is 11.6. The van der Waals surface area contributed by atoms with E-state index in [0.29, 0.717) is 6.42 Å². The van der Waals surface area contributed by atoms with E-state index in [1.54, 1.807) is 0 Å². The van der Waals surface area contributed by atoms with E-state index in [9.17, 15) is 24.9 Å². The number of hydrogen-bond acceptors (Lipinski definition) is 8. The van der Waals surface area contributed by atoms with Crippen LogP contribution in [0.5, 0.6) is 0 Å². The molecule has 0 saturated heterocycles. The van der Waals surface area contributed by atoms with Gasteiger partial charge in [0, 0.05) is 0 Å². The van der Waals surface area contributed by atoms with Gasteiger partial charge in [0.05, 0.1) is 13.2 Å². The van der Waals surface area contributed by atoms with E-state index in [1.165, 1.54) is 25.7 Å². The number of aliphatic hydroxyl groups excluding tert-OH is 5. The van der Waals surface area contributed by atoms with E-state index in [4.69, 9.17) is 14.9 Å². The van der Waals surface area contributed by atoms with Crippen LogP contribution in [0.15, 0.2) is 0 Å². The zero-order chi connectivity index (χ0) is 19.2. The molecule has 0 aliphatic carbocycles. The third-order valence-electron chi connectivity index (χ3n) is 3.96. The van der Waals surface area contributed by atoms with Crippen LogP contribution in [0.25, 0.3) is 0 Å². The number of aliphatic hydroxyl groups is 5. The van der Waals surface area contributed by atoms with Crippen LogP contribution in [0.1, 0.15) is 58.3 Å². The van der Waals surface area contributed by atoms with Crippen molar-refractivity contribution < 1.29 is 39.9 Å². The Balaban J connectivity index is 0. The Morgan fingerprint density at radius 1 is 0.846 bits per heavy atom. The average Bonchev–Trinajstić information content (AvgIpc) is 2.63. The van der Waals surface area contributed by atoms with Crippen molar-refractivity contribution in [2.75, 3.05) is 13.2 Å². The second-order valence-electron chi connectivity index (χ2n) is 6.15. The fourth-order valence-electron chi connectivity index (χ4n) is 2.27. The molecule has 0 aliphatic rings. The van der Waals surface area contributed by atoms with Crippen LogP contribution in [0, 0.1) is 0 Å². The van der Waals surface area contributed by atoms with Gasteiger partial charge >= 0.3 is 35.5 Å². The van der Waals surface area contributed by atoms with Crippen molar-refractivity contribution >= 4 is 41.3 Å².